The monoisotopic (exact) mass is 240 g/mol. The molecule has 0 aromatic carbocycles. The Morgan fingerprint density at radius 3 is 2.00 bits per heavy atom. The minimum absolute atomic E-state index is 0.597. The smallest absolute Gasteiger partial charge is 0.0321 e. The first-order chi connectivity index (χ1) is 7.97. The fourth-order valence-electron chi connectivity index (χ4n) is 3.43. The van der Waals surface area contributed by atoms with Crippen molar-refractivity contribution >= 4 is 0 Å². The average Bonchev–Trinajstić information content (AvgIpc) is 2.25. The average molecular weight is 240 g/mol. The lowest BCUT2D eigenvalue weighted by molar-refractivity contribution is 0.167. The fourth-order valence-corrected chi connectivity index (χ4v) is 3.43. The maximum absolute atomic E-state index is 2.54. The van der Waals surface area contributed by atoms with Crippen molar-refractivity contribution in [3.05, 3.63) is 0 Å². The molecule has 2 unspecified atom stereocenters. The third-order valence-corrected chi connectivity index (χ3v) is 4.09. The molecule has 0 spiro atoms. The largest absolute Gasteiger partial charge is 0.0654 e. The van der Waals surface area contributed by atoms with E-state index in [1.165, 1.54) is 51.4 Å². The Kier molecular flexibility index (Phi) is 9.00. The highest BCUT2D eigenvalue weighted by atomic mass is 14.3. The second-order valence-electron chi connectivity index (χ2n) is 6.78. The summed E-state index contributed by atoms with van der Waals surface area (Å²) in [5.74, 6) is 1.80. The van der Waals surface area contributed by atoms with Gasteiger partial charge in [-0.25, -0.2) is 0 Å². The minimum atomic E-state index is 0.597. The molecule has 0 amide bonds. The summed E-state index contributed by atoms with van der Waals surface area (Å²) in [7, 11) is 0. The topological polar surface area (TPSA) is 0 Å². The number of hydrogen-bond acceptors (Lipinski definition) is 0. The van der Waals surface area contributed by atoms with Crippen LogP contribution in [0.5, 0.6) is 0 Å². The molecule has 2 atom stereocenters. The van der Waals surface area contributed by atoms with Gasteiger partial charge < -0.3 is 0 Å². The van der Waals surface area contributed by atoms with Gasteiger partial charge in [0.05, 0.1) is 0 Å². The lowest BCUT2D eigenvalue weighted by Gasteiger charge is -2.35. The Bertz CT molecular complexity index is 171. The Labute approximate surface area is 111 Å². The van der Waals surface area contributed by atoms with Gasteiger partial charge >= 0.3 is 0 Å². The predicted octanol–water partition coefficient (Wildman–Crippen LogP) is 6.45. The maximum Gasteiger partial charge on any atom is -0.0321 e. The zero-order valence-corrected chi connectivity index (χ0v) is 13.3. The van der Waals surface area contributed by atoms with Gasteiger partial charge in [0.25, 0.3) is 0 Å². The molecule has 0 N–H and O–H groups in total. The predicted molar refractivity (Wildman–Crippen MR) is 80.4 cm³/mol. The van der Waals surface area contributed by atoms with Crippen molar-refractivity contribution in [1.82, 2.24) is 0 Å². The molecule has 0 heteroatoms. The first-order valence-electron chi connectivity index (χ1n) is 7.97. The van der Waals surface area contributed by atoms with E-state index in [1.54, 1.807) is 0 Å². The van der Waals surface area contributed by atoms with Gasteiger partial charge in [-0.05, 0) is 36.5 Å². The van der Waals surface area contributed by atoms with Gasteiger partial charge in [0.1, 0.15) is 0 Å². The molecular formula is C17H36. The second kappa shape index (κ2) is 9.00. The van der Waals surface area contributed by atoms with Crippen molar-refractivity contribution in [2.24, 2.45) is 17.3 Å². The molecule has 0 aliphatic heterocycles. The summed E-state index contributed by atoms with van der Waals surface area (Å²) in [5.41, 5.74) is 0.597. The molecule has 0 saturated carbocycles. The molecular weight excluding hydrogens is 204 g/mol. The van der Waals surface area contributed by atoms with E-state index < -0.39 is 0 Å². The molecule has 0 nitrogen and oxygen atoms in total. The highest BCUT2D eigenvalue weighted by molar-refractivity contribution is 4.79. The first-order valence-corrected chi connectivity index (χ1v) is 7.97. The van der Waals surface area contributed by atoms with E-state index in [1.807, 2.05) is 0 Å². The molecule has 0 aliphatic carbocycles. The SMILES string of the molecule is CCCCC(C)(CC(C)C)CC(CC)CCC. The number of hydrogen-bond donors (Lipinski definition) is 0. The van der Waals surface area contributed by atoms with Gasteiger partial charge in [0, 0.05) is 0 Å². The van der Waals surface area contributed by atoms with Gasteiger partial charge in [-0.3, -0.25) is 0 Å². The Balaban J connectivity index is 4.42. The van der Waals surface area contributed by atoms with E-state index in [2.05, 4.69) is 41.5 Å². The molecule has 0 aromatic heterocycles. The molecule has 0 radical (unpaired) electrons. The molecule has 17 heavy (non-hydrogen) atoms. The summed E-state index contributed by atoms with van der Waals surface area (Å²) in [4.78, 5) is 0. The van der Waals surface area contributed by atoms with Crippen LogP contribution >= 0.6 is 0 Å². The van der Waals surface area contributed by atoms with E-state index in [0.717, 1.165) is 11.8 Å². The third-order valence-electron chi connectivity index (χ3n) is 4.09. The van der Waals surface area contributed by atoms with Crippen LogP contribution in [0.15, 0.2) is 0 Å². The van der Waals surface area contributed by atoms with Crippen molar-refractivity contribution in [1.29, 1.82) is 0 Å². The van der Waals surface area contributed by atoms with Gasteiger partial charge in [-0.15, -0.1) is 0 Å². The summed E-state index contributed by atoms with van der Waals surface area (Å²) in [6.45, 7) is 14.3. The number of rotatable bonds is 10. The zero-order chi connectivity index (χ0) is 13.3. The van der Waals surface area contributed by atoms with Crippen molar-refractivity contribution < 1.29 is 0 Å². The van der Waals surface area contributed by atoms with Crippen LogP contribution in [-0.4, -0.2) is 0 Å². The molecule has 104 valence electrons. The summed E-state index contributed by atoms with van der Waals surface area (Å²) in [6, 6.07) is 0. The lowest BCUT2D eigenvalue weighted by atomic mass is 9.71. The van der Waals surface area contributed by atoms with Crippen LogP contribution in [0.1, 0.15) is 92.9 Å². The molecule has 0 aromatic rings. The molecule has 0 bridgehead atoms. The van der Waals surface area contributed by atoms with Crippen molar-refractivity contribution in [3.63, 3.8) is 0 Å². The van der Waals surface area contributed by atoms with Gasteiger partial charge in [-0.2, -0.15) is 0 Å². The summed E-state index contributed by atoms with van der Waals surface area (Å²) >= 11 is 0. The zero-order valence-electron chi connectivity index (χ0n) is 13.3. The molecule has 0 aliphatic rings. The number of unbranched alkanes of at least 4 members (excludes halogenated alkanes) is 1. The fraction of sp³-hybridized carbons (Fsp3) is 1.00. The molecule has 0 saturated heterocycles. The van der Waals surface area contributed by atoms with Crippen LogP contribution in [0.3, 0.4) is 0 Å². The summed E-state index contributed by atoms with van der Waals surface area (Å²) < 4.78 is 0. The Morgan fingerprint density at radius 1 is 0.941 bits per heavy atom. The summed E-state index contributed by atoms with van der Waals surface area (Å²) in [6.07, 6.45) is 11.2. The van der Waals surface area contributed by atoms with Crippen LogP contribution in [0.25, 0.3) is 0 Å². The highest BCUT2D eigenvalue weighted by Gasteiger charge is 2.27. The van der Waals surface area contributed by atoms with Crippen LogP contribution in [0, 0.1) is 17.3 Å². The Hall–Kier alpha value is 0. The van der Waals surface area contributed by atoms with E-state index in [0.29, 0.717) is 5.41 Å². The first kappa shape index (κ1) is 17.0. The van der Waals surface area contributed by atoms with E-state index >= 15 is 0 Å². The van der Waals surface area contributed by atoms with E-state index in [-0.39, 0.29) is 0 Å². The normalized spacial score (nSPS) is 17.1. The maximum atomic E-state index is 2.54. The molecule has 0 heterocycles. The lowest BCUT2D eigenvalue weighted by Crippen LogP contribution is -2.23. The van der Waals surface area contributed by atoms with Crippen molar-refractivity contribution in [2.45, 2.75) is 92.9 Å². The Morgan fingerprint density at radius 2 is 1.59 bits per heavy atom. The molecule has 0 rings (SSSR count). The minimum Gasteiger partial charge on any atom is -0.0654 e. The van der Waals surface area contributed by atoms with Gasteiger partial charge in [0.2, 0.25) is 0 Å². The van der Waals surface area contributed by atoms with Gasteiger partial charge in [-0.1, -0.05) is 73.6 Å². The van der Waals surface area contributed by atoms with Crippen LogP contribution < -0.4 is 0 Å². The molecule has 0 fully saturated rings. The third kappa shape index (κ3) is 7.84. The van der Waals surface area contributed by atoms with E-state index in [9.17, 15) is 0 Å². The summed E-state index contributed by atoms with van der Waals surface area (Å²) in [5, 5.41) is 0. The van der Waals surface area contributed by atoms with Gasteiger partial charge in [0.15, 0.2) is 0 Å². The van der Waals surface area contributed by atoms with Crippen LogP contribution in [-0.2, 0) is 0 Å². The van der Waals surface area contributed by atoms with E-state index in [4.69, 9.17) is 0 Å². The quantitative estimate of drug-likeness (QED) is 0.412. The second-order valence-corrected chi connectivity index (χ2v) is 6.78. The van der Waals surface area contributed by atoms with Crippen LogP contribution in [0.2, 0.25) is 0 Å². The standard InChI is InChI=1S/C17H36/c1-7-10-12-17(6,13-15(4)5)14-16(9-3)11-8-2/h15-16H,7-14H2,1-6H3. The highest BCUT2D eigenvalue weighted by Crippen LogP contribution is 2.39. The van der Waals surface area contributed by atoms with Crippen molar-refractivity contribution in [3.8, 4) is 0 Å². The van der Waals surface area contributed by atoms with Crippen molar-refractivity contribution in [2.75, 3.05) is 0 Å². The van der Waals surface area contributed by atoms with Crippen LogP contribution in [0.4, 0.5) is 0 Å².